The number of aryl methyl sites for hydroxylation is 3. The summed E-state index contributed by atoms with van der Waals surface area (Å²) in [5.74, 6) is -0.623. The van der Waals surface area contributed by atoms with Crippen LogP contribution >= 0.6 is 11.8 Å². The average Bonchev–Trinajstić information content (AvgIpc) is 2.78. The molecule has 0 radical (unpaired) electrons. The van der Waals surface area contributed by atoms with E-state index < -0.39 is 11.1 Å². The summed E-state index contributed by atoms with van der Waals surface area (Å²) in [5, 5.41) is 3.16. The number of nitrogens with zero attached hydrogens (tertiary/aromatic N) is 2. The fraction of sp³-hybridized carbons (Fsp3) is 0.192. The average molecular weight is 462 g/mol. The Bertz CT molecular complexity index is 1430. The minimum atomic E-state index is -0.556. The largest absolute Gasteiger partial charge is 0.325 e. The lowest BCUT2D eigenvalue weighted by molar-refractivity contribution is -0.115. The number of nitrogens with one attached hydrogen (secondary N) is 1. The smallest absolute Gasteiger partial charge is 0.266 e. The van der Waals surface area contributed by atoms with Gasteiger partial charge < -0.3 is 5.32 Å². The Morgan fingerprint density at radius 3 is 2.52 bits per heavy atom. The molecule has 0 bridgehead atoms. The Morgan fingerprint density at radius 1 is 1.03 bits per heavy atom. The third kappa shape index (κ3) is 4.68. The molecule has 0 saturated carbocycles. The van der Waals surface area contributed by atoms with Crippen LogP contribution in [0.5, 0.6) is 0 Å². The molecule has 1 N–H and O–H groups in total. The minimum Gasteiger partial charge on any atom is -0.325 e. The lowest BCUT2D eigenvalue weighted by Gasteiger charge is -2.17. The highest BCUT2D eigenvalue weighted by atomic mass is 32.2. The highest BCUT2D eigenvalue weighted by molar-refractivity contribution is 8.00. The molecule has 0 aliphatic heterocycles. The van der Waals surface area contributed by atoms with Gasteiger partial charge in [0.2, 0.25) is 5.91 Å². The first-order valence-corrected chi connectivity index (χ1v) is 11.5. The van der Waals surface area contributed by atoms with Gasteiger partial charge in [0.05, 0.1) is 21.8 Å². The first-order chi connectivity index (χ1) is 15.7. The SMILES string of the molecule is Cc1ccc(C)c(NC(=O)C(C)Sc2nc3ccccc3c(=O)n2-c2ccc(C)c(F)c2)c1. The molecule has 168 valence electrons. The summed E-state index contributed by atoms with van der Waals surface area (Å²) in [7, 11) is 0. The highest BCUT2D eigenvalue weighted by Crippen LogP contribution is 2.27. The second kappa shape index (κ2) is 9.19. The number of hydrogen-bond acceptors (Lipinski definition) is 4. The molecule has 1 unspecified atom stereocenters. The van der Waals surface area contributed by atoms with E-state index in [4.69, 9.17) is 0 Å². The summed E-state index contributed by atoms with van der Waals surface area (Å²) in [5.41, 5.74) is 3.81. The van der Waals surface area contributed by atoms with Crippen molar-refractivity contribution in [2.24, 2.45) is 0 Å². The predicted molar refractivity (Wildman–Crippen MR) is 132 cm³/mol. The van der Waals surface area contributed by atoms with Gasteiger partial charge >= 0.3 is 0 Å². The third-order valence-corrected chi connectivity index (χ3v) is 6.51. The molecule has 1 aromatic heterocycles. The van der Waals surface area contributed by atoms with Gasteiger partial charge in [-0.25, -0.2) is 9.37 Å². The maximum absolute atomic E-state index is 14.3. The molecule has 0 aliphatic carbocycles. The van der Waals surface area contributed by atoms with Gasteiger partial charge in [-0.2, -0.15) is 0 Å². The molecule has 0 aliphatic rings. The van der Waals surface area contributed by atoms with Gasteiger partial charge in [-0.1, -0.05) is 42.1 Å². The van der Waals surface area contributed by atoms with Crippen molar-refractivity contribution in [3.8, 4) is 5.69 Å². The summed E-state index contributed by atoms with van der Waals surface area (Å²) in [6, 6.07) is 17.5. The second-order valence-corrected chi connectivity index (χ2v) is 9.36. The summed E-state index contributed by atoms with van der Waals surface area (Å²) in [6.45, 7) is 7.31. The van der Waals surface area contributed by atoms with Crippen LogP contribution in [0.15, 0.2) is 70.6 Å². The predicted octanol–water partition coefficient (Wildman–Crippen LogP) is 5.57. The maximum atomic E-state index is 14.3. The van der Waals surface area contributed by atoms with E-state index in [9.17, 15) is 14.0 Å². The van der Waals surface area contributed by atoms with Crippen LogP contribution in [0.4, 0.5) is 10.1 Å². The summed E-state index contributed by atoms with van der Waals surface area (Å²) >= 11 is 1.16. The molecular formula is C26H24FN3O2S. The van der Waals surface area contributed by atoms with Crippen LogP contribution in [-0.2, 0) is 4.79 Å². The van der Waals surface area contributed by atoms with E-state index in [1.54, 1.807) is 50.2 Å². The van der Waals surface area contributed by atoms with E-state index in [-0.39, 0.29) is 11.5 Å². The van der Waals surface area contributed by atoms with Crippen LogP contribution in [0.1, 0.15) is 23.6 Å². The van der Waals surface area contributed by atoms with E-state index in [1.807, 2.05) is 32.0 Å². The quantitative estimate of drug-likeness (QED) is 0.312. The zero-order valence-corrected chi connectivity index (χ0v) is 19.7. The fourth-order valence-corrected chi connectivity index (χ4v) is 4.38. The van der Waals surface area contributed by atoms with Gasteiger partial charge in [-0.05, 0) is 74.7 Å². The standard InChI is InChI=1S/C26H24FN3O2S/c1-15-9-10-17(3)23(13-15)28-24(31)18(4)33-26-29-22-8-6-5-7-20(22)25(32)30(26)19-12-11-16(2)21(27)14-19/h5-14,18H,1-4H3,(H,28,31). The number of carbonyl (C=O) groups excluding carboxylic acids is 1. The molecule has 0 saturated heterocycles. The van der Waals surface area contributed by atoms with Crippen LogP contribution in [0.2, 0.25) is 0 Å². The monoisotopic (exact) mass is 461 g/mol. The van der Waals surface area contributed by atoms with Gasteiger partial charge in [-0.3, -0.25) is 14.2 Å². The Hall–Kier alpha value is -3.45. The van der Waals surface area contributed by atoms with E-state index >= 15 is 0 Å². The van der Waals surface area contributed by atoms with E-state index in [0.717, 1.165) is 28.6 Å². The van der Waals surface area contributed by atoms with E-state index in [2.05, 4.69) is 10.3 Å². The molecule has 3 aromatic carbocycles. The topological polar surface area (TPSA) is 64.0 Å². The summed E-state index contributed by atoms with van der Waals surface area (Å²) in [6.07, 6.45) is 0. The molecule has 5 nitrogen and oxygen atoms in total. The number of aromatic nitrogens is 2. The van der Waals surface area contributed by atoms with Crippen LogP contribution < -0.4 is 10.9 Å². The van der Waals surface area contributed by atoms with Gasteiger partial charge in [0.1, 0.15) is 5.82 Å². The lowest BCUT2D eigenvalue weighted by atomic mass is 10.1. The number of anilines is 1. The van der Waals surface area contributed by atoms with Crippen molar-refractivity contribution in [2.75, 3.05) is 5.32 Å². The van der Waals surface area contributed by atoms with Crippen molar-refractivity contribution in [3.63, 3.8) is 0 Å². The van der Waals surface area contributed by atoms with Gasteiger partial charge in [0.25, 0.3) is 5.56 Å². The number of para-hydroxylation sites is 1. The molecule has 0 spiro atoms. The first kappa shape index (κ1) is 22.7. The van der Waals surface area contributed by atoms with Crippen molar-refractivity contribution in [3.05, 3.63) is 93.5 Å². The Morgan fingerprint density at radius 2 is 1.76 bits per heavy atom. The summed E-state index contributed by atoms with van der Waals surface area (Å²) < 4.78 is 15.7. The summed E-state index contributed by atoms with van der Waals surface area (Å²) in [4.78, 5) is 31.0. The number of thioether (sulfide) groups is 1. The Labute approximate surface area is 195 Å². The number of amides is 1. The molecule has 1 amide bonds. The number of rotatable bonds is 5. The lowest BCUT2D eigenvalue weighted by Crippen LogP contribution is -2.26. The zero-order chi connectivity index (χ0) is 23.7. The van der Waals surface area contributed by atoms with Gasteiger partial charge in [0.15, 0.2) is 5.16 Å². The van der Waals surface area contributed by atoms with Crippen LogP contribution in [0, 0.1) is 26.6 Å². The van der Waals surface area contributed by atoms with Crippen molar-refractivity contribution < 1.29 is 9.18 Å². The van der Waals surface area contributed by atoms with Crippen LogP contribution in [0.3, 0.4) is 0 Å². The van der Waals surface area contributed by atoms with Gasteiger partial charge in [0, 0.05) is 5.69 Å². The van der Waals surface area contributed by atoms with Crippen molar-refractivity contribution in [1.82, 2.24) is 9.55 Å². The van der Waals surface area contributed by atoms with Crippen molar-refractivity contribution >= 4 is 34.3 Å². The van der Waals surface area contributed by atoms with Crippen LogP contribution in [0.25, 0.3) is 16.6 Å². The maximum Gasteiger partial charge on any atom is 0.266 e. The van der Waals surface area contributed by atoms with Crippen LogP contribution in [-0.4, -0.2) is 20.7 Å². The minimum absolute atomic E-state index is 0.210. The number of halogens is 1. The van der Waals surface area contributed by atoms with Crippen molar-refractivity contribution in [2.45, 2.75) is 38.1 Å². The van der Waals surface area contributed by atoms with Crippen molar-refractivity contribution in [1.29, 1.82) is 0 Å². The first-order valence-electron chi connectivity index (χ1n) is 10.6. The third-order valence-electron chi connectivity index (χ3n) is 5.46. The zero-order valence-electron chi connectivity index (χ0n) is 18.8. The Kier molecular flexibility index (Phi) is 6.33. The molecular weight excluding hydrogens is 437 g/mol. The molecule has 33 heavy (non-hydrogen) atoms. The fourth-order valence-electron chi connectivity index (χ4n) is 3.46. The normalized spacial score (nSPS) is 12.0. The number of fused-ring (bicyclic) bond motifs is 1. The molecule has 1 atom stereocenters. The number of carbonyl (C=O) groups is 1. The molecule has 0 fully saturated rings. The van der Waals surface area contributed by atoms with Gasteiger partial charge in [-0.15, -0.1) is 0 Å². The number of hydrogen-bond donors (Lipinski definition) is 1. The highest BCUT2D eigenvalue weighted by Gasteiger charge is 2.21. The second-order valence-electron chi connectivity index (χ2n) is 8.05. The molecule has 4 rings (SSSR count). The molecule has 7 heteroatoms. The number of benzene rings is 3. The van der Waals surface area contributed by atoms with E-state index in [0.29, 0.717) is 27.3 Å². The van der Waals surface area contributed by atoms with E-state index in [1.165, 1.54) is 10.6 Å². The molecule has 4 aromatic rings. The Balaban J connectivity index is 1.74. The molecule has 1 heterocycles.